The summed E-state index contributed by atoms with van der Waals surface area (Å²) in [7, 11) is 0. The van der Waals surface area contributed by atoms with Crippen LogP contribution in [-0.2, 0) is 19.4 Å². The van der Waals surface area contributed by atoms with E-state index in [1.165, 1.54) is 11.1 Å². The van der Waals surface area contributed by atoms with E-state index in [0.717, 1.165) is 37.3 Å². The minimum atomic E-state index is 0.133. The second-order valence-corrected chi connectivity index (χ2v) is 5.11. The second-order valence-electron chi connectivity index (χ2n) is 5.11. The van der Waals surface area contributed by atoms with E-state index >= 15 is 0 Å². The third-order valence-corrected chi connectivity index (χ3v) is 3.61. The molecule has 0 spiro atoms. The molecule has 0 fully saturated rings. The molecule has 0 amide bonds. The van der Waals surface area contributed by atoms with Crippen LogP contribution in [0.15, 0.2) is 22.7 Å². The van der Waals surface area contributed by atoms with Gasteiger partial charge < -0.3 is 15.0 Å². The third-order valence-electron chi connectivity index (χ3n) is 3.61. The van der Waals surface area contributed by atoms with Crippen molar-refractivity contribution in [2.45, 2.75) is 45.3 Å². The van der Waals surface area contributed by atoms with E-state index in [1.807, 2.05) is 12.1 Å². The van der Waals surface area contributed by atoms with Crippen LogP contribution in [0.5, 0.6) is 5.75 Å². The van der Waals surface area contributed by atoms with Gasteiger partial charge in [-0.25, -0.2) is 0 Å². The van der Waals surface area contributed by atoms with Crippen LogP contribution in [0.3, 0.4) is 0 Å². The summed E-state index contributed by atoms with van der Waals surface area (Å²) in [6.07, 6.45) is 3.79. The van der Waals surface area contributed by atoms with Gasteiger partial charge in [0, 0.05) is 12.5 Å². The Labute approximate surface area is 118 Å². The number of fused-ring (bicyclic) bond motifs is 1. The largest absolute Gasteiger partial charge is 0.483 e. The molecule has 1 aromatic carbocycles. The number of hydrogen-bond donors (Lipinski definition) is 1. The molecule has 0 saturated heterocycles. The first-order valence-corrected chi connectivity index (χ1v) is 7.09. The van der Waals surface area contributed by atoms with Crippen LogP contribution in [0.25, 0.3) is 0 Å². The summed E-state index contributed by atoms with van der Waals surface area (Å²) in [6, 6.07) is 6.16. The molecule has 106 valence electrons. The van der Waals surface area contributed by atoms with Gasteiger partial charge in [0.15, 0.2) is 12.4 Å². The van der Waals surface area contributed by atoms with Gasteiger partial charge in [-0.05, 0) is 36.5 Å². The molecule has 3 rings (SSSR count). The number of hydrogen-bond acceptors (Lipinski definition) is 5. The summed E-state index contributed by atoms with van der Waals surface area (Å²) in [6.45, 7) is 2.39. The molecule has 0 saturated carbocycles. The first-order chi connectivity index (χ1) is 9.78. The topological polar surface area (TPSA) is 74.2 Å². The van der Waals surface area contributed by atoms with Crippen LogP contribution in [0.1, 0.15) is 48.6 Å². The van der Waals surface area contributed by atoms with Crippen molar-refractivity contribution >= 4 is 0 Å². The quantitative estimate of drug-likeness (QED) is 0.906. The molecule has 0 radical (unpaired) electrons. The highest BCUT2D eigenvalue weighted by Crippen LogP contribution is 2.35. The zero-order valence-electron chi connectivity index (χ0n) is 11.6. The number of nitrogens with zero attached hydrogens (tertiary/aromatic N) is 2. The standard InChI is InChI=1S/C15H19N3O2/c1-2-4-14-17-15(20-18-14)9-19-13-6-3-5-10-11(13)7-8-12(10)16/h3,5-6,12H,2,4,7-9,16H2,1H3. The third kappa shape index (κ3) is 2.54. The van der Waals surface area contributed by atoms with Crippen molar-refractivity contribution in [1.82, 2.24) is 10.1 Å². The van der Waals surface area contributed by atoms with Gasteiger partial charge in [0.2, 0.25) is 0 Å². The van der Waals surface area contributed by atoms with Crippen molar-refractivity contribution < 1.29 is 9.26 Å². The summed E-state index contributed by atoms with van der Waals surface area (Å²) < 4.78 is 11.0. The van der Waals surface area contributed by atoms with Gasteiger partial charge in [-0.1, -0.05) is 24.2 Å². The minimum Gasteiger partial charge on any atom is -0.483 e. The van der Waals surface area contributed by atoms with E-state index in [4.69, 9.17) is 15.0 Å². The molecule has 1 aliphatic rings. The molecule has 0 bridgehead atoms. The smallest absolute Gasteiger partial charge is 0.264 e. The van der Waals surface area contributed by atoms with E-state index in [9.17, 15) is 0 Å². The summed E-state index contributed by atoms with van der Waals surface area (Å²) in [5.41, 5.74) is 8.47. The van der Waals surface area contributed by atoms with Crippen LogP contribution in [0.4, 0.5) is 0 Å². The van der Waals surface area contributed by atoms with Gasteiger partial charge in [-0.3, -0.25) is 0 Å². The first kappa shape index (κ1) is 13.1. The summed E-state index contributed by atoms with van der Waals surface area (Å²) in [5.74, 6) is 2.14. The fourth-order valence-corrected chi connectivity index (χ4v) is 2.60. The van der Waals surface area contributed by atoms with E-state index in [2.05, 4.69) is 23.1 Å². The van der Waals surface area contributed by atoms with E-state index in [0.29, 0.717) is 12.5 Å². The Balaban J connectivity index is 1.69. The number of aromatic nitrogens is 2. The van der Waals surface area contributed by atoms with Crippen molar-refractivity contribution in [1.29, 1.82) is 0 Å². The average Bonchev–Trinajstić information content (AvgIpc) is 3.05. The van der Waals surface area contributed by atoms with E-state index < -0.39 is 0 Å². The summed E-state index contributed by atoms with van der Waals surface area (Å²) in [4.78, 5) is 4.30. The van der Waals surface area contributed by atoms with Crippen molar-refractivity contribution in [2.75, 3.05) is 0 Å². The van der Waals surface area contributed by atoms with Crippen LogP contribution in [0.2, 0.25) is 0 Å². The van der Waals surface area contributed by atoms with E-state index in [-0.39, 0.29) is 6.04 Å². The molecule has 1 aliphatic carbocycles. The molecule has 0 aliphatic heterocycles. The zero-order chi connectivity index (χ0) is 13.9. The first-order valence-electron chi connectivity index (χ1n) is 7.09. The Morgan fingerprint density at radius 3 is 3.20 bits per heavy atom. The molecule has 1 aromatic heterocycles. The number of rotatable bonds is 5. The number of benzene rings is 1. The van der Waals surface area contributed by atoms with Gasteiger partial charge in [0.05, 0.1) is 0 Å². The predicted molar refractivity (Wildman–Crippen MR) is 74.3 cm³/mol. The molecule has 2 aromatic rings. The van der Waals surface area contributed by atoms with Crippen LogP contribution in [0, 0.1) is 0 Å². The Morgan fingerprint density at radius 2 is 2.35 bits per heavy atom. The lowest BCUT2D eigenvalue weighted by molar-refractivity contribution is 0.241. The normalized spacial score (nSPS) is 17.2. The summed E-state index contributed by atoms with van der Waals surface area (Å²) in [5, 5.41) is 3.92. The maximum Gasteiger partial charge on any atom is 0.264 e. The van der Waals surface area contributed by atoms with E-state index in [1.54, 1.807) is 0 Å². The van der Waals surface area contributed by atoms with Gasteiger partial charge >= 0.3 is 0 Å². The SMILES string of the molecule is CCCc1noc(COc2cccc3c2CCC3N)n1. The number of aryl methyl sites for hydroxylation is 1. The fourth-order valence-electron chi connectivity index (χ4n) is 2.60. The van der Waals surface area contributed by atoms with Gasteiger partial charge in [-0.2, -0.15) is 4.98 Å². The van der Waals surface area contributed by atoms with Crippen LogP contribution >= 0.6 is 0 Å². The molecule has 1 unspecified atom stereocenters. The molecule has 5 heteroatoms. The number of nitrogens with two attached hydrogens (primary N) is 1. The van der Waals surface area contributed by atoms with Crippen LogP contribution < -0.4 is 10.5 Å². The van der Waals surface area contributed by atoms with Gasteiger partial charge in [-0.15, -0.1) is 0 Å². The average molecular weight is 273 g/mol. The van der Waals surface area contributed by atoms with Crippen molar-refractivity contribution in [3.05, 3.63) is 41.0 Å². The maximum atomic E-state index is 6.06. The summed E-state index contributed by atoms with van der Waals surface area (Å²) >= 11 is 0. The Morgan fingerprint density at radius 1 is 1.45 bits per heavy atom. The highest BCUT2D eigenvalue weighted by molar-refractivity contribution is 5.44. The zero-order valence-corrected chi connectivity index (χ0v) is 11.6. The maximum absolute atomic E-state index is 6.06. The Hall–Kier alpha value is -1.88. The molecule has 20 heavy (non-hydrogen) atoms. The molecule has 2 N–H and O–H groups in total. The lowest BCUT2D eigenvalue weighted by atomic mass is 10.1. The van der Waals surface area contributed by atoms with Crippen molar-refractivity contribution in [2.24, 2.45) is 5.73 Å². The molecular weight excluding hydrogens is 254 g/mol. The van der Waals surface area contributed by atoms with Crippen molar-refractivity contribution in [3.8, 4) is 5.75 Å². The molecule has 1 heterocycles. The van der Waals surface area contributed by atoms with Gasteiger partial charge in [0.25, 0.3) is 5.89 Å². The minimum absolute atomic E-state index is 0.133. The molecular formula is C15H19N3O2. The predicted octanol–water partition coefficient (Wildman–Crippen LogP) is 2.55. The lowest BCUT2D eigenvalue weighted by Crippen LogP contribution is -2.05. The Kier molecular flexibility index (Phi) is 3.69. The second kappa shape index (κ2) is 5.63. The monoisotopic (exact) mass is 273 g/mol. The van der Waals surface area contributed by atoms with Crippen LogP contribution in [-0.4, -0.2) is 10.1 Å². The highest BCUT2D eigenvalue weighted by Gasteiger charge is 2.22. The molecule has 1 atom stereocenters. The molecule has 5 nitrogen and oxygen atoms in total. The van der Waals surface area contributed by atoms with Gasteiger partial charge in [0.1, 0.15) is 5.75 Å². The fraction of sp³-hybridized carbons (Fsp3) is 0.467. The van der Waals surface area contributed by atoms with Crippen molar-refractivity contribution in [3.63, 3.8) is 0 Å². The number of ether oxygens (including phenoxy) is 1. The lowest BCUT2D eigenvalue weighted by Gasteiger charge is -2.09. The highest BCUT2D eigenvalue weighted by atomic mass is 16.5. The Bertz CT molecular complexity index is 595.